The molecule has 0 bridgehead atoms. The predicted molar refractivity (Wildman–Crippen MR) is 117 cm³/mol. The first-order valence-corrected chi connectivity index (χ1v) is 11.0. The van der Waals surface area contributed by atoms with E-state index in [1.807, 2.05) is 62.4 Å². The Kier molecular flexibility index (Phi) is 9.63. The molecule has 1 atom stereocenters. The van der Waals surface area contributed by atoms with Crippen LogP contribution in [0.4, 0.5) is 0 Å². The predicted octanol–water partition coefficient (Wildman–Crippen LogP) is 4.25. The lowest BCUT2D eigenvalue weighted by Crippen LogP contribution is -2.49. The van der Waals surface area contributed by atoms with E-state index in [0.29, 0.717) is 25.3 Å². The maximum atomic E-state index is 13.0. The molecule has 0 aliphatic carbocycles. The molecule has 150 valence electrons. The zero-order valence-electron chi connectivity index (χ0n) is 16.8. The molecule has 0 saturated heterocycles. The second-order valence-electron chi connectivity index (χ2n) is 6.70. The fraction of sp³-hybridized carbons (Fsp3) is 0.391. The van der Waals surface area contributed by atoms with Crippen LogP contribution in [0.3, 0.4) is 0 Å². The van der Waals surface area contributed by atoms with Crippen LogP contribution in [-0.4, -0.2) is 35.1 Å². The highest BCUT2D eigenvalue weighted by Crippen LogP contribution is 2.17. The van der Waals surface area contributed by atoms with Crippen molar-refractivity contribution >= 4 is 23.6 Å². The molecule has 0 aromatic heterocycles. The first-order valence-electron chi connectivity index (χ1n) is 9.88. The van der Waals surface area contributed by atoms with Crippen LogP contribution in [0.5, 0.6) is 0 Å². The van der Waals surface area contributed by atoms with Gasteiger partial charge in [-0.2, -0.15) is 0 Å². The quantitative estimate of drug-likeness (QED) is 0.615. The third-order valence-electron chi connectivity index (χ3n) is 4.47. The number of carbonyl (C=O) groups is 2. The van der Waals surface area contributed by atoms with E-state index >= 15 is 0 Å². The Labute approximate surface area is 172 Å². The van der Waals surface area contributed by atoms with Crippen molar-refractivity contribution in [1.82, 2.24) is 10.2 Å². The molecule has 5 heteroatoms. The average molecular weight is 399 g/mol. The SMILES string of the molecule is CCCNC(=O)[C@H](CC)N(Cc1ccccc1)C(=O)CSCc1ccccc1. The van der Waals surface area contributed by atoms with Crippen molar-refractivity contribution < 1.29 is 9.59 Å². The summed E-state index contributed by atoms with van der Waals surface area (Å²) in [7, 11) is 0. The maximum absolute atomic E-state index is 13.0. The molecule has 0 unspecified atom stereocenters. The molecule has 0 spiro atoms. The number of carbonyl (C=O) groups excluding carboxylic acids is 2. The topological polar surface area (TPSA) is 49.4 Å². The normalized spacial score (nSPS) is 11.6. The van der Waals surface area contributed by atoms with Gasteiger partial charge in [0.1, 0.15) is 6.04 Å². The Morgan fingerprint density at radius 1 is 0.964 bits per heavy atom. The molecule has 4 nitrogen and oxygen atoms in total. The summed E-state index contributed by atoms with van der Waals surface area (Å²) in [6, 6.07) is 19.5. The van der Waals surface area contributed by atoms with Crippen LogP contribution in [0.15, 0.2) is 60.7 Å². The molecule has 2 rings (SSSR count). The van der Waals surface area contributed by atoms with E-state index in [1.54, 1.807) is 16.7 Å². The monoisotopic (exact) mass is 398 g/mol. The van der Waals surface area contributed by atoms with Crippen molar-refractivity contribution in [1.29, 1.82) is 0 Å². The Hall–Kier alpha value is -2.27. The van der Waals surface area contributed by atoms with E-state index in [9.17, 15) is 9.59 Å². The number of thioether (sulfide) groups is 1. The number of benzene rings is 2. The van der Waals surface area contributed by atoms with E-state index in [-0.39, 0.29) is 11.8 Å². The molecule has 0 aliphatic heterocycles. The van der Waals surface area contributed by atoms with Gasteiger partial charge in [0.05, 0.1) is 5.75 Å². The van der Waals surface area contributed by atoms with Crippen molar-refractivity contribution in [3.05, 3.63) is 71.8 Å². The van der Waals surface area contributed by atoms with Crippen LogP contribution in [0.1, 0.15) is 37.8 Å². The summed E-state index contributed by atoms with van der Waals surface area (Å²) in [5.41, 5.74) is 2.23. The highest BCUT2D eigenvalue weighted by atomic mass is 32.2. The molecule has 28 heavy (non-hydrogen) atoms. The first-order chi connectivity index (χ1) is 13.7. The van der Waals surface area contributed by atoms with Gasteiger partial charge in [0.2, 0.25) is 11.8 Å². The molecular formula is C23H30N2O2S. The van der Waals surface area contributed by atoms with Gasteiger partial charge in [-0.05, 0) is 24.0 Å². The molecule has 0 heterocycles. The number of hydrogen-bond acceptors (Lipinski definition) is 3. The minimum Gasteiger partial charge on any atom is -0.354 e. The Morgan fingerprint density at radius 3 is 2.14 bits per heavy atom. The molecule has 1 N–H and O–H groups in total. The minimum atomic E-state index is -0.448. The van der Waals surface area contributed by atoms with Crippen molar-refractivity contribution in [3.8, 4) is 0 Å². The number of amides is 2. The second kappa shape index (κ2) is 12.2. The largest absolute Gasteiger partial charge is 0.354 e. The lowest BCUT2D eigenvalue weighted by Gasteiger charge is -2.30. The summed E-state index contributed by atoms with van der Waals surface area (Å²) < 4.78 is 0. The maximum Gasteiger partial charge on any atom is 0.242 e. The minimum absolute atomic E-state index is 0.00304. The summed E-state index contributed by atoms with van der Waals surface area (Å²) in [4.78, 5) is 27.4. The molecule has 2 aromatic carbocycles. The molecule has 2 aromatic rings. The third-order valence-corrected chi connectivity index (χ3v) is 5.46. The fourth-order valence-corrected chi connectivity index (χ4v) is 3.85. The average Bonchev–Trinajstić information content (AvgIpc) is 2.73. The van der Waals surface area contributed by atoms with Gasteiger partial charge in [0, 0.05) is 18.8 Å². The Morgan fingerprint density at radius 2 is 1.57 bits per heavy atom. The van der Waals surface area contributed by atoms with Crippen molar-refractivity contribution in [2.75, 3.05) is 12.3 Å². The lowest BCUT2D eigenvalue weighted by atomic mass is 10.1. The molecule has 2 amide bonds. The van der Waals surface area contributed by atoms with Gasteiger partial charge in [-0.3, -0.25) is 9.59 Å². The summed E-state index contributed by atoms with van der Waals surface area (Å²) >= 11 is 1.59. The first kappa shape index (κ1) is 22.0. The van der Waals surface area contributed by atoms with Crippen LogP contribution in [0, 0.1) is 0 Å². The van der Waals surface area contributed by atoms with Crippen molar-refractivity contribution in [2.24, 2.45) is 0 Å². The fourth-order valence-electron chi connectivity index (χ4n) is 2.98. The highest BCUT2D eigenvalue weighted by molar-refractivity contribution is 7.99. The highest BCUT2D eigenvalue weighted by Gasteiger charge is 2.28. The van der Waals surface area contributed by atoms with Gasteiger partial charge >= 0.3 is 0 Å². The number of nitrogens with zero attached hydrogens (tertiary/aromatic N) is 1. The summed E-state index contributed by atoms with van der Waals surface area (Å²) in [5.74, 6) is 1.08. The summed E-state index contributed by atoms with van der Waals surface area (Å²) in [5, 5.41) is 2.95. The molecule has 0 saturated carbocycles. The number of hydrogen-bond donors (Lipinski definition) is 1. The molecule has 0 radical (unpaired) electrons. The van der Waals surface area contributed by atoms with Crippen molar-refractivity contribution in [3.63, 3.8) is 0 Å². The van der Waals surface area contributed by atoms with E-state index in [2.05, 4.69) is 17.4 Å². The molecule has 0 aliphatic rings. The smallest absolute Gasteiger partial charge is 0.242 e. The summed E-state index contributed by atoms with van der Waals surface area (Å²) in [6.45, 7) is 5.06. The number of rotatable bonds is 11. The van der Waals surface area contributed by atoms with E-state index in [0.717, 1.165) is 17.7 Å². The Balaban J connectivity index is 2.06. The van der Waals surface area contributed by atoms with Gasteiger partial charge in [-0.25, -0.2) is 0 Å². The molecular weight excluding hydrogens is 368 g/mol. The van der Waals surface area contributed by atoms with Gasteiger partial charge in [-0.15, -0.1) is 11.8 Å². The van der Waals surface area contributed by atoms with Gasteiger partial charge in [-0.1, -0.05) is 74.5 Å². The Bertz CT molecular complexity index is 722. The van der Waals surface area contributed by atoms with Gasteiger partial charge in [0.25, 0.3) is 0 Å². The van der Waals surface area contributed by atoms with Crippen LogP contribution in [-0.2, 0) is 21.9 Å². The van der Waals surface area contributed by atoms with Gasteiger partial charge in [0.15, 0.2) is 0 Å². The van der Waals surface area contributed by atoms with E-state index in [4.69, 9.17) is 0 Å². The summed E-state index contributed by atoms with van der Waals surface area (Å²) in [6.07, 6.45) is 1.47. The number of nitrogens with one attached hydrogen (secondary N) is 1. The van der Waals surface area contributed by atoms with Crippen molar-refractivity contribution in [2.45, 2.75) is 45.0 Å². The van der Waals surface area contributed by atoms with E-state index < -0.39 is 6.04 Å². The van der Waals surface area contributed by atoms with Crippen LogP contribution < -0.4 is 5.32 Å². The standard InChI is InChI=1S/C23H30N2O2S/c1-3-15-24-23(27)21(4-2)25(16-19-11-7-5-8-12-19)22(26)18-28-17-20-13-9-6-10-14-20/h5-14,21H,3-4,15-18H2,1-2H3,(H,24,27)/t21-/m0/s1. The zero-order chi connectivity index (χ0) is 20.2. The van der Waals surface area contributed by atoms with Crippen LogP contribution in [0.2, 0.25) is 0 Å². The van der Waals surface area contributed by atoms with Crippen LogP contribution in [0.25, 0.3) is 0 Å². The lowest BCUT2D eigenvalue weighted by molar-refractivity contribution is -0.139. The van der Waals surface area contributed by atoms with E-state index in [1.165, 1.54) is 5.56 Å². The molecule has 0 fully saturated rings. The van der Waals surface area contributed by atoms with Crippen LogP contribution >= 0.6 is 11.8 Å². The second-order valence-corrected chi connectivity index (χ2v) is 7.69. The zero-order valence-corrected chi connectivity index (χ0v) is 17.6. The van der Waals surface area contributed by atoms with Gasteiger partial charge < -0.3 is 10.2 Å². The third kappa shape index (κ3) is 7.04.